The van der Waals surface area contributed by atoms with Crippen LogP contribution in [-0.2, 0) is 5.60 Å². The highest BCUT2D eigenvalue weighted by Crippen LogP contribution is 2.20. The minimum atomic E-state index is -1.15. The Hall–Kier alpha value is -2.33. The van der Waals surface area contributed by atoms with E-state index in [1.165, 1.54) is 6.07 Å². The molecule has 0 aromatic heterocycles. The molecule has 1 atom stereocenters. The van der Waals surface area contributed by atoms with Crippen LogP contribution in [0.25, 0.3) is 0 Å². The van der Waals surface area contributed by atoms with Crippen LogP contribution in [0.15, 0.2) is 48.5 Å². The molecule has 0 saturated carbocycles. The van der Waals surface area contributed by atoms with Gasteiger partial charge in [-0.15, -0.1) is 0 Å². The Bertz CT molecular complexity index is 636. The van der Waals surface area contributed by atoms with Crippen molar-refractivity contribution in [2.24, 2.45) is 0 Å². The number of carbonyl (C=O) groups is 1. The third-order valence-electron chi connectivity index (χ3n) is 3.46. The Morgan fingerprint density at radius 1 is 1.19 bits per heavy atom. The smallest absolute Gasteiger partial charge is 0.251 e. The van der Waals surface area contributed by atoms with Gasteiger partial charge in [-0.3, -0.25) is 4.79 Å². The van der Waals surface area contributed by atoms with E-state index in [-0.39, 0.29) is 18.2 Å². The van der Waals surface area contributed by atoms with E-state index in [0.29, 0.717) is 11.1 Å². The summed E-state index contributed by atoms with van der Waals surface area (Å²) < 4.78 is 0. The molecule has 0 heterocycles. The molecule has 0 saturated heterocycles. The normalized spacial score (nSPS) is 13.5. The monoisotopic (exact) mass is 285 g/mol. The van der Waals surface area contributed by atoms with Gasteiger partial charge in [0.15, 0.2) is 0 Å². The van der Waals surface area contributed by atoms with Gasteiger partial charge in [0.2, 0.25) is 0 Å². The number of hydrogen-bond acceptors (Lipinski definition) is 3. The molecule has 0 aliphatic rings. The van der Waals surface area contributed by atoms with Gasteiger partial charge in [0.25, 0.3) is 5.91 Å². The van der Waals surface area contributed by atoms with E-state index in [2.05, 4.69) is 5.32 Å². The van der Waals surface area contributed by atoms with Crippen LogP contribution in [0, 0.1) is 6.92 Å². The predicted molar refractivity (Wildman–Crippen MR) is 81.2 cm³/mol. The van der Waals surface area contributed by atoms with Gasteiger partial charge in [-0.2, -0.15) is 0 Å². The molecule has 0 aliphatic heterocycles. The maximum Gasteiger partial charge on any atom is 0.251 e. The summed E-state index contributed by atoms with van der Waals surface area (Å²) >= 11 is 0. The number of benzene rings is 2. The molecule has 4 heteroatoms. The number of aromatic hydroxyl groups is 1. The third kappa shape index (κ3) is 3.61. The van der Waals surface area contributed by atoms with Gasteiger partial charge in [0.05, 0.1) is 6.54 Å². The zero-order chi connectivity index (χ0) is 15.5. The van der Waals surface area contributed by atoms with Crippen LogP contribution in [0.2, 0.25) is 0 Å². The van der Waals surface area contributed by atoms with Crippen molar-refractivity contribution in [3.05, 3.63) is 65.2 Å². The first-order valence-electron chi connectivity index (χ1n) is 6.76. The summed E-state index contributed by atoms with van der Waals surface area (Å²) in [7, 11) is 0. The largest absolute Gasteiger partial charge is 0.508 e. The van der Waals surface area contributed by atoms with Gasteiger partial charge < -0.3 is 15.5 Å². The number of amides is 1. The molecule has 0 aliphatic carbocycles. The van der Waals surface area contributed by atoms with Crippen molar-refractivity contribution in [2.75, 3.05) is 6.54 Å². The standard InChI is InChI=1S/C17H19NO3/c1-12-8-9-13(10-15(12)19)16(20)18-11-17(2,21)14-6-4-3-5-7-14/h3-10,19,21H,11H2,1-2H3,(H,18,20). The van der Waals surface area contributed by atoms with E-state index in [4.69, 9.17) is 0 Å². The Morgan fingerprint density at radius 3 is 2.48 bits per heavy atom. The second-order valence-electron chi connectivity index (χ2n) is 5.32. The lowest BCUT2D eigenvalue weighted by Gasteiger charge is -2.24. The molecule has 0 bridgehead atoms. The number of nitrogens with one attached hydrogen (secondary N) is 1. The van der Waals surface area contributed by atoms with Crippen LogP contribution >= 0.6 is 0 Å². The van der Waals surface area contributed by atoms with Crippen molar-refractivity contribution < 1.29 is 15.0 Å². The number of carbonyl (C=O) groups excluding carboxylic acids is 1. The van der Waals surface area contributed by atoms with E-state index in [1.54, 1.807) is 26.0 Å². The fourth-order valence-electron chi connectivity index (χ4n) is 2.00. The molecule has 1 unspecified atom stereocenters. The lowest BCUT2D eigenvalue weighted by atomic mass is 9.96. The fourth-order valence-corrected chi connectivity index (χ4v) is 2.00. The number of rotatable bonds is 4. The molecule has 0 spiro atoms. The summed E-state index contributed by atoms with van der Waals surface area (Å²) in [6.45, 7) is 3.50. The van der Waals surface area contributed by atoms with Crippen LogP contribution in [0.1, 0.15) is 28.4 Å². The molecule has 21 heavy (non-hydrogen) atoms. The van der Waals surface area contributed by atoms with Crippen molar-refractivity contribution in [2.45, 2.75) is 19.4 Å². The van der Waals surface area contributed by atoms with E-state index in [0.717, 1.165) is 5.56 Å². The highest BCUT2D eigenvalue weighted by molar-refractivity contribution is 5.94. The molecule has 110 valence electrons. The number of phenols is 1. The molecular weight excluding hydrogens is 266 g/mol. The average Bonchev–Trinajstić information content (AvgIpc) is 2.48. The summed E-state index contributed by atoms with van der Waals surface area (Å²) in [5, 5.41) is 22.7. The number of aryl methyl sites for hydroxylation is 1. The van der Waals surface area contributed by atoms with Gasteiger partial charge in [0.1, 0.15) is 11.4 Å². The maximum atomic E-state index is 12.1. The van der Waals surface area contributed by atoms with E-state index in [1.807, 2.05) is 30.3 Å². The number of aliphatic hydroxyl groups is 1. The Morgan fingerprint density at radius 2 is 1.86 bits per heavy atom. The van der Waals surface area contributed by atoms with Crippen molar-refractivity contribution in [1.82, 2.24) is 5.32 Å². The number of hydrogen-bond donors (Lipinski definition) is 3. The topological polar surface area (TPSA) is 69.6 Å². The zero-order valence-corrected chi connectivity index (χ0v) is 12.1. The van der Waals surface area contributed by atoms with Gasteiger partial charge in [0, 0.05) is 5.56 Å². The van der Waals surface area contributed by atoms with Crippen LogP contribution in [-0.4, -0.2) is 22.7 Å². The van der Waals surface area contributed by atoms with Crippen LogP contribution in [0.3, 0.4) is 0 Å². The maximum absolute atomic E-state index is 12.1. The van der Waals surface area contributed by atoms with Crippen molar-refractivity contribution in [3.63, 3.8) is 0 Å². The average molecular weight is 285 g/mol. The fraction of sp³-hybridized carbons (Fsp3) is 0.235. The van der Waals surface area contributed by atoms with Gasteiger partial charge >= 0.3 is 0 Å². The third-order valence-corrected chi connectivity index (χ3v) is 3.46. The molecule has 0 fully saturated rings. The quantitative estimate of drug-likeness (QED) is 0.807. The predicted octanol–water partition coefficient (Wildman–Crippen LogP) is 2.34. The molecule has 0 radical (unpaired) electrons. The molecule has 2 aromatic rings. The second-order valence-corrected chi connectivity index (χ2v) is 5.32. The molecule has 2 rings (SSSR count). The molecule has 4 nitrogen and oxygen atoms in total. The molecular formula is C17H19NO3. The van der Waals surface area contributed by atoms with Gasteiger partial charge in [-0.25, -0.2) is 0 Å². The minimum Gasteiger partial charge on any atom is -0.508 e. The zero-order valence-electron chi connectivity index (χ0n) is 12.1. The summed E-state index contributed by atoms with van der Waals surface area (Å²) in [6, 6.07) is 13.9. The van der Waals surface area contributed by atoms with E-state index >= 15 is 0 Å². The summed E-state index contributed by atoms with van der Waals surface area (Å²) in [6.07, 6.45) is 0. The Labute approximate surface area is 124 Å². The van der Waals surface area contributed by atoms with E-state index in [9.17, 15) is 15.0 Å². The van der Waals surface area contributed by atoms with Gasteiger partial charge in [-0.05, 0) is 37.1 Å². The van der Waals surface area contributed by atoms with E-state index < -0.39 is 5.60 Å². The Balaban J connectivity index is 2.05. The Kier molecular flexibility index (Phi) is 4.29. The van der Waals surface area contributed by atoms with Crippen LogP contribution in [0.4, 0.5) is 0 Å². The lowest BCUT2D eigenvalue weighted by Crippen LogP contribution is -2.38. The summed E-state index contributed by atoms with van der Waals surface area (Å²) in [5.41, 5.74) is 0.658. The summed E-state index contributed by atoms with van der Waals surface area (Å²) in [5.74, 6) is -0.251. The SMILES string of the molecule is Cc1ccc(C(=O)NCC(C)(O)c2ccccc2)cc1O. The highest BCUT2D eigenvalue weighted by atomic mass is 16.3. The van der Waals surface area contributed by atoms with Crippen molar-refractivity contribution in [1.29, 1.82) is 0 Å². The molecule has 3 N–H and O–H groups in total. The van der Waals surface area contributed by atoms with Crippen LogP contribution in [0.5, 0.6) is 5.75 Å². The van der Waals surface area contributed by atoms with Crippen molar-refractivity contribution in [3.8, 4) is 5.75 Å². The first kappa shape index (κ1) is 15.1. The molecule has 2 aromatic carbocycles. The van der Waals surface area contributed by atoms with Crippen LogP contribution < -0.4 is 5.32 Å². The van der Waals surface area contributed by atoms with Crippen molar-refractivity contribution >= 4 is 5.91 Å². The summed E-state index contributed by atoms with van der Waals surface area (Å²) in [4.78, 5) is 12.1. The molecule has 1 amide bonds. The second kappa shape index (κ2) is 5.97. The number of phenolic OH excluding ortho intramolecular Hbond substituents is 1. The minimum absolute atomic E-state index is 0.0810. The van der Waals surface area contributed by atoms with Gasteiger partial charge in [-0.1, -0.05) is 36.4 Å². The highest BCUT2D eigenvalue weighted by Gasteiger charge is 2.23. The lowest BCUT2D eigenvalue weighted by molar-refractivity contribution is 0.0526. The first-order chi connectivity index (χ1) is 9.90. The first-order valence-corrected chi connectivity index (χ1v) is 6.76.